The second kappa shape index (κ2) is 8.35. The van der Waals surface area contributed by atoms with E-state index in [1.165, 1.54) is 11.0 Å². The normalized spacial score (nSPS) is 18.2. The van der Waals surface area contributed by atoms with Crippen molar-refractivity contribution in [1.82, 2.24) is 0 Å². The van der Waals surface area contributed by atoms with Gasteiger partial charge in [0.05, 0.1) is 30.0 Å². The first-order valence-corrected chi connectivity index (χ1v) is 10.1. The number of anilines is 2. The lowest BCUT2D eigenvalue weighted by Crippen LogP contribution is -2.48. The Morgan fingerprint density at radius 2 is 1.38 bits per heavy atom. The van der Waals surface area contributed by atoms with Crippen LogP contribution in [-0.4, -0.2) is 17.6 Å². The molecule has 178 valence electrons. The van der Waals surface area contributed by atoms with Gasteiger partial charge in [0.25, 0.3) is 5.91 Å². The summed E-state index contributed by atoms with van der Waals surface area (Å²) < 4.78 is 80.0. The molecule has 4 rings (SSSR count). The summed E-state index contributed by atoms with van der Waals surface area (Å²) in [6.07, 6.45) is -10.1. The van der Waals surface area contributed by atoms with Crippen LogP contribution in [0.3, 0.4) is 0 Å². The van der Waals surface area contributed by atoms with Crippen molar-refractivity contribution in [2.75, 3.05) is 16.8 Å². The molecule has 0 saturated heterocycles. The summed E-state index contributed by atoms with van der Waals surface area (Å²) in [5.74, 6) is -0.703. The van der Waals surface area contributed by atoms with Gasteiger partial charge in [-0.1, -0.05) is 48.5 Å². The third-order valence-corrected chi connectivity index (χ3v) is 5.63. The summed E-state index contributed by atoms with van der Waals surface area (Å²) in [4.78, 5) is 14.9. The smallest absolute Gasteiger partial charge is 0.393 e. The molecule has 1 unspecified atom stereocenters. The van der Waals surface area contributed by atoms with Gasteiger partial charge in [-0.15, -0.1) is 0 Å². The number of carbonyl (C=O) groups is 1. The maximum atomic E-state index is 13.5. The highest BCUT2D eigenvalue weighted by Gasteiger charge is 2.51. The van der Waals surface area contributed by atoms with Crippen molar-refractivity contribution in [1.29, 1.82) is 0 Å². The Kier molecular flexibility index (Phi) is 5.80. The van der Waals surface area contributed by atoms with E-state index in [-0.39, 0.29) is 18.2 Å². The molecule has 1 heterocycles. The number of amides is 1. The Bertz CT molecular complexity index is 1180. The van der Waals surface area contributed by atoms with E-state index in [4.69, 9.17) is 0 Å². The van der Waals surface area contributed by atoms with E-state index < -0.39 is 47.2 Å². The van der Waals surface area contributed by atoms with E-state index in [0.717, 1.165) is 5.56 Å². The molecule has 1 aliphatic rings. The topological polar surface area (TPSA) is 52.6 Å². The maximum Gasteiger partial charge on any atom is 0.416 e. The largest absolute Gasteiger partial charge is 0.416 e. The summed E-state index contributed by atoms with van der Waals surface area (Å²) in [5, 5.41) is 12.8. The van der Waals surface area contributed by atoms with Gasteiger partial charge in [0.2, 0.25) is 0 Å². The van der Waals surface area contributed by atoms with Crippen LogP contribution >= 0.6 is 0 Å². The highest BCUT2D eigenvalue weighted by Crippen LogP contribution is 2.44. The van der Waals surface area contributed by atoms with Crippen molar-refractivity contribution < 1.29 is 36.2 Å². The lowest BCUT2D eigenvalue weighted by molar-refractivity contribution is -0.143. The van der Waals surface area contributed by atoms with Crippen LogP contribution in [-0.2, 0) is 29.2 Å². The molecule has 3 aromatic rings. The van der Waals surface area contributed by atoms with E-state index >= 15 is 0 Å². The number of aliphatic hydroxyl groups is 1. The van der Waals surface area contributed by atoms with E-state index in [2.05, 4.69) is 5.32 Å². The zero-order chi connectivity index (χ0) is 24.7. The summed E-state index contributed by atoms with van der Waals surface area (Å²) in [6, 6.07) is 16.1. The average molecular weight is 480 g/mol. The first kappa shape index (κ1) is 23.6. The lowest BCUT2D eigenvalue weighted by Gasteiger charge is -2.30. The van der Waals surface area contributed by atoms with Crippen molar-refractivity contribution in [2.45, 2.75) is 24.4 Å². The molecule has 3 aromatic carbocycles. The minimum atomic E-state index is -5.05. The number of alkyl halides is 6. The molecule has 0 bridgehead atoms. The highest BCUT2D eigenvalue weighted by molar-refractivity contribution is 6.09. The van der Waals surface area contributed by atoms with Crippen LogP contribution in [0.25, 0.3) is 0 Å². The second-order valence-electron chi connectivity index (χ2n) is 7.88. The molecular weight excluding hydrogens is 462 g/mol. The molecule has 2 N–H and O–H groups in total. The van der Waals surface area contributed by atoms with Crippen molar-refractivity contribution in [2.24, 2.45) is 0 Å². The number of hydrogen-bond acceptors (Lipinski definition) is 3. The number of nitrogens with zero attached hydrogens (tertiary/aromatic N) is 1. The first-order chi connectivity index (χ1) is 16.0. The molecule has 0 spiro atoms. The molecule has 34 heavy (non-hydrogen) atoms. The molecule has 0 fully saturated rings. The first-order valence-electron chi connectivity index (χ1n) is 10.1. The monoisotopic (exact) mass is 480 g/mol. The van der Waals surface area contributed by atoms with Crippen LogP contribution in [0.5, 0.6) is 0 Å². The molecule has 4 nitrogen and oxygen atoms in total. The Morgan fingerprint density at radius 3 is 1.94 bits per heavy atom. The number of rotatable bonds is 5. The van der Waals surface area contributed by atoms with Gasteiger partial charge in [-0.05, 0) is 29.8 Å². The summed E-state index contributed by atoms with van der Waals surface area (Å²) in [6.45, 7) is -0.803. The van der Waals surface area contributed by atoms with Gasteiger partial charge in [0.1, 0.15) is 0 Å². The Balaban J connectivity index is 1.81. The number of carbonyl (C=O) groups excluding carboxylic acids is 1. The number of hydrogen-bond donors (Lipinski definition) is 2. The fraction of sp³-hybridized carbons (Fsp3) is 0.208. The third kappa shape index (κ3) is 4.21. The van der Waals surface area contributed by atoms with Crippen LogP contribution < -0.4 is 10.2 Å². The number of halogens is 6. The number of fused-ring (bicyclic) bond motifs is 1. The zero-order valence-electron chi connectivity index (χ0n) is 17.4. The Morgan fingerprint density at radius 1 is 0.824 bits per heavy atom. The van der Waals surface area contributed by atoms with Crippen molar-refractivity contribution in [3.63, 3.8) is 0 Å². The molecule has 0 aromatic heterocycles. The van der Waals surface area contributed by atoms with Gasteiger partial charge in [0.15, 0.2) is 5.54 Å². The molecule has 1 amide bonds. The molecule has 0 aliphatic carbocycles. The summed E-state index contributed by atoms with van der Waals surface area (Å²) >= 11 is 0. The Labute approximate surface area is 190 Å². The quantitative estimate of drug-likeness (QED) is 0.470. The fourth-order valence-electron chi connectivity index (χ4n) is 4.03. The van der Waals surface area contributed by atoms with E-state index in [0.29, 0.717) is 17.8 Å². The molecule has 0 radical (unpaired) electrons. The highest BCUT2D eigenvalue weighted by atomic mass is 19.4. The van der Waals surface area contributed by atoms with Crippen molar-refractivity contribution in [3.8, 4) is 0 Å². The van der Waals surface area contributed by atoms with Gasteiger partial charge in [0, 0.05) is 11.3 Å². The Hall–Kier alpha value is -3.53. The standard InChI is InChI=1S/C24H18F6N2O2/c25-23(26,27)16-10-17(24(28,29)30)12-18(11-16)31-22(14-33)19-8-4-5-9-20(19)32(21(22)34)13-15-6-2-1-3-7-15/h1-12,31,33H,13-14H2. The zero-order valence-corrected chi connectivity index (χ0v) is 17.4. The van der Waals surface area contributed by atoms with Crippen LogP contribution in [0.1, 0.15) is 22.3 Å². The molecular formula is C24H18F6N2O2. The number of aliphatic hydroxyl groups excluding tert-OH is 1. The average Bonchev–Trinajstić information content (AvgIpc) is 3.01. The lowest BCUT2D eigenvalue weighted by atomic mass is 9.91. The molecule has 0 saturated carbocycles. The minimum Gasteiger partial charge on any atom is -0.393 e. The predicted molar refractivity (Wildman–Crippen MR) is 113 cm³/mol. The molecule has 1 atom stereocenters. The molecule has 1 aliphatic heterocycles. The van der Waals surface area contributed by atoms with Gasteiger partial charge in [-0.3, -0.25) is 4.79 Å². The molecule has 10 heteroatoms. The van der Waals surface area contributed by atoms with Crippen LogP contribution in [0.4, 0.5) is 37.7 Å². The van der Waals surface area contributed by atoms with Crippen LogP contribution in [0.2, 0.25) is 0 Å². The van der Waals surface area contributed by atoms with Gasteiger partial charge in [-0.25, -0.2) is 0 Å². The number of benzene rings is 3. The van der Waals surface area contributed by atoms with Gasteiger partial charge in [-0.2, -0.15) is 26.3 Å². The van der Waals surface area contributed by atoms with Crippen LogP contribution in [0, 0.1) is 0 Å². The van der Waals surface area contributed by atoms with E-state index in [1.54, 1.807) is 48.5 Å². The second-order valence-corrected chi connectivity index (χ2v) is 7.88. The number of nitrogens with one attached hydrogen (secondary N) is 1. The predicted octanol–water partition coefficient (Wildman–Crippen LogP) is 5.57. The van der Waals surface area contributed by atoms with Gasteiger partial charge < -0.3 is 15.3 Å². The maximum absolute atomic E-state index is 13.5. The van der Waals surface area contributed by atoms with Crippen LogP contribution in [0.15, 0.2) is 72.8 Å². The SMILES string of the molecule is O=C1N(Cc2ccccc2)c2ccccc2C1(CO)Nc1cc(C(F)(F)F)cc(C(F)(F)F)c1. The third-order valence-electron chi connectivity index (χ3n) is 5.63. The number of para-hydroxylation sites is 1. The van der Waals surface area contributed by atoms with Crippen molar-refractivity contribution >= 4 is 17.3 Å². The summed E-state index contributed by atoms with van der Waals surface area (Å²) in [5.41, 5.74) is -4.25. The van der Waals surface area contributed by atoms with Crippen molar-refractivity contribution in [3.05, 3.63) is 95.1 Å². The van der Waals surface area contributed by atoms with Gasteiger partial charge >= 0.3 is 12.4 Å². The van der Waals surface area contributed by atoms with E-state index in [9.17, 15) is 36.2 Å². The summed E-state index contributed by atoms with van der Waals surface area (Å²) in [7, 11) is 0. The fourth-order valence-corrected chi connectivity index (χ4v) is 4.03. The van der Waals surface area contributed by atoms with E-state index in [1.807, 2.05) is 0 Å². The minimum absolute atomic E-state index is 0.00290.